The van der Waals surface area contributed by atoms with Crippen LogP contribution in [0.15, 0.2) is 89.1 Å². The summed E-state index contributed by atoms with van der Waals surface area (Å²) in [6.07, 6.45) is 5.85. The summed E-state index contributed by atoms with van der Waals surface area (Å²) in [6, 6.07) is 15.0. The van der Waals surface area contributed by atoms with Gasteiger partial charge in [-0.2, -0.15) is 0 Å². The van der Waals surface area contributed by atoms with Gasteiger partial charge in [-0.25, -0.2) is 4.98 Å². The van der Waals surface area contributed by atoms with Crippen molar-refractivity contribution in [3.63, 3.8) is 0 Å². The number of aliphatic hydroxyl groups is 1. The average molecular weight is 462 g/mol. The Kier molecular flexibility index (Phi) is 5.48. The maximum atomic E-state index is 13.5. The minimum atomic E-state index is -0.752. The highest BCUT2D eigenvalue weighted by molar-refractivity contribution is 6.30. The average Bonchev–Trinajstić information content (AvgIpc) is 3.54. The number of hydrogen-bond acceptors (Lipinski definition) is 5. The van der Waals surface area contributed by atoms with Crippen LogP contribution in [0, 0.1) is 0 Å². The molecule has 1 atom stereocenters. The highest BCUT2D eigenvalue weighted by atomic mass is 35.5. The van der Waals surface area contributed by atoms with Crippen LogP contribution in [0.3, 0.4) is 0 Å². The summed E-state index contributed by atoms with van der Waals surface area (Å²) in [7, 11) is 0. The summed E-state index contributed by atoms with van der Waals surface area (Å²) in [5.41, 5.74) is 1.24. The van der Waals surface area contributed by atoms with E-state index in [9.17, 15) is 14.7 Å². The Morgan fingerprint density at radius 1 is 1.12 bits per heavy atom. The van der Waals surface area contributed by atoms with Crippen LogP contribution in [-0.4, -0.2) is 37.8 Å². The first-order chi connectivity index (χ1) is 16.0. The number of furan rings is 1. The van der Waals surface area contributed by atoms with Crippen LogP contribution in [0.2, 0.25) is 5.02 Å². The SMILES string of the molecule is O=C(C1=C(O)C(=O)N(CCCn2ccnc2)C1c1ccc(Cl)cc1)c1cc2ccccc2o1. The number of carbonyl (C=O) groups excluding carboxylic acids is 2. The number of rotatable bonds is 7. The highest BCUT2D eigenvalue weighted by Gasteiger charge is 2.44. The lowest BCUT2D eigenvalue weighted by atomic mass is 9.95. The van der Waals surface area contributed by atoms with Gasteiger partial charge in [-0.3, -0.25) is 9.59 Å². The minimum absolute atomic E-state index is 0.00371. The van der Waals surface area contributed by atoms with Gasteiger partial charge in [0.1, 0.15) is 5.58 Å². The fraction of sp³-hybridized carbons (Fsp3) is 0.160. The van der Waals surface area contributed by atoms with Crippen molar-refractivity contribution >= 4 is 34.3 Å². The molecule has 2 aromatic heterocycles. The quantitative estimate of drug-likeness (QED) is 0.393. The van der Waals surface area contributed by atoms with E-state index in [-0.39, 0.29) is 11.3 Å². The molecular weight excluding hydrogens is 442 g/mol. The summed E-state index contributed by atoms with van der Waals surface area (Å²) in [6.45, 7) is 0.982. The fourth-order valence-electron chi connectivity index (χ4n) is 4.18. The Morgan fingerprint density at radius 2 is 1.91 bits per heavy atom. The molecule has 1 unspecified atom stereocenters. The van der Waals surface area contributed by atoms with E-state index in [1.807, 2.05) is 29.0 Å². The van der Waals surface area contributed by atoms with Gasteiger partial charge in [0.25, 0.3) is 5.91 Å². The molecule has 2 aromatic carbocycles. The predicted molar refractivity (Wildman–Crippen MR) is 123 cm³/mol. The number of Topliss-reactive ketones (excluding diaryl/α,β-unsaturated/α-hetero) is 1. The third-order valence-electron chi connectivity index (χ3n) is 5.76. The maximum Gasteiger partial charge on any atom is 0.290 e. The number of aromatic nitrogens is 2. The topological polar surface area (TPSA) is 88.6 Å². The van der Waals surface area contributed by atoms with Gasteiger partial charge in [0.2, 0.25) is 5.78 Å². The first kappa shape index (κ1) is 21.0. The fourth-order valence-corrected chi connectivity index (χ4v) is 4.30. The zero-order valence-electron chi connectivity index (χ0n) is 17.5. The predicted octanol–water partition coefficient (Wildman–Crippen LogP) is 4.95. The Bertz CT molecular complexity index is 1320. The number of carbonyl (C=O) groups is 2. The molecule has 0 aliphatic carbocycles. The monoisotopic (exact) mass is 461 g/mol. The number of para-hydroxylation sites is 1. The van der Waals surface area contributed by atoms with Crippen molar-refractivity contribution in [2.45, 2.75) is 19.0 Å². The van der Waals surface area contributed by atoms with E-state index in [1.54, 1.807) is 48.9 Å². The molecule has 1 aliphatic heterocycles. The van der Waals surface area contributed by atoms with Gasteiger partial charge in [0.15, 0.2) is 11.5 Å². The molecule has 0 saturated carbocycles. The van der Waals surface area contributed by atoms with Gasteiger partial charge < -0.3 is 19.0 Å². The Labute approximate surface area is 194 Å². The first-order valence-corrected chi connectivity index (χ1v) is 10.9. The summed E-state index contributed by atoms with van der Waals surface area (Å²) in [4.78, 5) is 32.1. The van der Waals surface area contributed by atoms with Gasteiger partial charge in [-0.15, -0.1) is 0 Å². The molecule has 0 saturated heterocycles. The molecule has 1 N–H and O–H groups in total. The molecule has 8 heteroatoms. The second kappa shape index (κ2) is 8.60. The van der Waals surface area contributed by atoms with E-state index in [1.165, 1.54) is 4.90 Å². The molecule has 1 aliphatic rings. The lowest BCUT2D eigenvalue weighted by molar-refractivity contribution is -0.129. The zero-order valence-corrected chi connectivity index (χ0v) is 18.3. The molecule has 0 bridgehead atoms. The van der Waals surface area contributed by atoms with Gasteiger partial charge in [0.05, 0.1) is 17.9 Å². The number of amides is 1. The molecule has 0 radical (unpaired) electrons. The van der Waals surface area contributed by atoms with E-state index < -0.39 is 23.5 Å². The molecule has 0 spiro atoms. The molecule has 0 fully saturated rings. The number of halogens is 1. The van der Waals surface area contributed by atoms with Crippen LogP contribution in [0.4, 0.5) is 0 Å². The Balaban J connectivity index is 1.50. The summed E-state index contributed by atoms with van der Waals surface area (Å²) in [5.74, 6) is -1.58. The van der Waals surface area contributed by atoms with Crippen molar-refractivity contribution in [1.82, 2.24) is 14.5 Å². The lowest BCUT2D eigenvalue weighted by Crippen LogP contribution is -2.32. The number of benzene rings is 2. The Hall–Kier alpha value is -3.84. The third-order valence-corrected chi connectivity index (χ3v) is 6.01. The summed E-state index contributed by atoms with van der Waals surface area (Å²) < 4.78 is 7.65. The van der Waals surface area contributed by atoms with Gasteiger partial charge in [-0.1, -0.05) is 41.9 Å². The van der Waals surface area contributed by atoms with Crippen molar-refractivity contribution in [3.05, 3.63) is 101 Å². The van der Waals surface area contributed by atoms with Crippen LogP contribution in [-0.2, 0) is 11.3 Å². The molecule has 1 amide bonds. The molecule has 3 heterocycles. The summed E-state index contributed by atoms with van der Waals surface area (Å²) >= 11 is 6.06. The number of imidazole rings is 1. The number of nitrogens with zero attached hydrogens (tertiary/aromatic N) is 3. The van der Waals surface area contributed by atoms with Crippen molar-refractivity contribution in [1.29, 1.82) is 0 Å². The van der Waals surface area contributed by atoms with Gasteiger partial charge >= 0.3 is 0 Å². The summed E-state index contributed by atoms with van der Waals surface area (Å²) in [5, 5.41) is 12.1. The largest absolute Gasteiger partial charge is 0.503 e. The zero-order chi connectivity index (χ0) is 22.9. The smallest absolute Gasteiger partial charge is 0.290 e. The molecule has 5 rings (SSSR count). The normalized spacial score (nSPS) is 16.2. The van der Waals surface area contributed by atoms with Crippen molar-refractivity contribution < 1.29 is 19.1 Å². The van der Waals surface area contributed by atoms with E-state index >= 15 is 0 Å². The molecule has 33 heavy (non-hydrogen) atoms. The van der Waals surface area contributed by atoms with Crippen molar-refractivity contribution in [2.24, 2.45) is 0 Å². The van der Waals surface area contributed by atoms with Crippen LogP contribution in [0.25, 0.3) is 11.0 Å². The standard InChI is InChI=1S/C25H20ClN3O4/c26-18-8-6-16(7-9-18)22-21(23(30)20-14-17-4-1-2-5-19(17)33-20)24(31)25(32)29(22)12-3-11-28-13-10-27-15-28/h1-2,4-10,13-15,22,31H,3,11-12H2. The van der Waals surface area contributed by atoms with E-state index in [2.05, 4.69) is 4.98 Å². The first-order valence-electron chi connectivity index (χ1n) is 10.5. The van der Waals surface area contributed by atoms with E-state index in [0.717, 1.165) is 5.39 Å². The van der Waals surface area contributed by atoms with Crippen molar-refractivity contribution in [2.75, 3.05) is 6.54 Å². The van der Waals surface area contributed by atoms with Crippen LogP contribution >= 0.6 is 11.6 Å². The molecule has 166 valence electrons. The second-order valence-corrected chi connectivity index (χ2v) is 8.28. The van der Waals surface area contributed by atoms with Gasteiger partial charge in [0, 0.05) is 35.9 Å². The minimum Gasteiger partial charge on any atom is -0.503 e. The molecular formula is C25H20ClN3O4. The molecule has 7 nitrogen and oxygen atoms in total. The van der Waals surface area contributed by atoms with Crippen LogP contribution in [0.1, 0.15) is 28.6 Å². The maximum absolute atomic E-state index is 13.5. The van der Waals surface area contributed by atoms with Crippen LogP contribution < -0.4 is 0 Å². The number of fused-ring (bicyclic) bond motifs is 1. The molecule has 4 aromatic rings. The number of aryl methyl sites for hydroxylation is 1. The van der Waals surface area contributed by atoms with E-state index in [4.69, 9.17) is 16.0 Å². The van der Waals surface area contributed by atoms with Crippen molar-refractivity contribution in [3.8, 4) is 0 Å². The number of hydrogen-bond donors (Lipinski definition) is 1. The third kappa shape index (κ3) is 3.91. The Morgan fingerprint density at radius 3 is 2.64 bits per heavy atom. The second-order valence-electron chi connectivity index (χ2n) is 7.85. The highest BCUT2D eigenvalue weighted by Crippen LogP contribution is 2.40. The van der Waals surface area contributed by atoms with Crippen LogP contribution in [0.5, 0.6) is 0 Å². The lowest BCUT2D eigenvalue weighted by Gasteiger charge is -2.26. The number of ketones is 1. The van der Waals surface area contributed by atoms with Gasteiger partial charge in [-0.05, 0) is 36.2 Å². The van der Waals surface area contributed by atoms with E-state index in [0.29, 0.717) is 35.7 Å². The number of aliphatic hydroxyl groups excluding tert-OH is 1.